The smallest absolute Gasteiger partial charge is 0.167 e. The normalized spacial score (nSPS) is 12.7. The zero-order chi connectivity index (χ0) is 13.2. The second-order valence-electron chi connectivity index (χ2n) is 4.40. The van der Waals surface area contributed by atoms with Crippen molar-refractivity contribution < 1.29 is 4.52 Å². The summed E-state index contributed by atoms with van der Waals surface area (Å²) in [7, 11) is 0. The molecule has 0 amide bonds. The molecule has 2 aromatic heterocycles. The highest BCUT2D eigenvalue weighted by Gasteiger charge is 2.17. The lowest BCUT2D eigenvalue weighted by Crippen LogP contribution is -2.08. The van der Waals surface area contributed by atoms with Gasteiger partial charge in [0, 0.05) is 22.4 Å². The average Bonchev–Trinajstić information content (AvgIpc) is 3.05. The molecule has 0 aliphatic rings. The van der Waals surface area contributed by atoms with E-state index in [9.17, 15) is 0 Å². The van der Waals surface area contributed by atoms with Gasteiger partial charge in [-0.15, -0.1) is 6.58 Å². The number of aromatic nitrogens is 1. The number of fused-ring (bicyclic) bond motifs is 1. The van der Waals surface area contributed by atoms with Crippen molar-refractivity contribution in [3.8, 4) is 11.3 Å². The Kier molecular flexibility index (Phi) is 3.19. The minimum Gasteiger partial charge on any atom is -0.356 e. The minimum absolute atomic E-state index is 0.0470. The van der Waals surface area contributed by atoms with E-state index >= 15 is 0 Å². The summed E-state index contributed by atoms with van der Waals surface area (Å²) < 4.78 is 5.36. The molecule has 1 unspecified atom stereocenters. The third-order valence-electron chi connectivity index (χ3n) is 3.14. The van der Waals surface area contributed by atoms with E-state index in [2.05, 4.69) is 22.5 Å². The highest BCUT2D eigenvalue weighted by Crippen LogP contribution is 2.35. The quantitative estimate of drug-likeness (QED) is 0.725. The molecule has 3 nitrogen and oxygen atoms in total. The van der Waals surface area contributed by atoms with Gasteiger partial charge in [-0.2, -0.15) is 11.3 Å². The third kappa shape index (κ3) is 2.09. The predicted molar refractivity (Wildman–Crippen MR) is 79.1 cm³/mol. The molecule has 3 aromatic rings. The third-order valence-corrected chi connectivity index (χ3v) is 3.91. The zero-order valence-electron chi connectivity index (χ0n) is 10.4. The molecule has 0 saturated carbocycles. The molecule has 0 spiro atoms. The molecule has 0 aliphatic heterocycles. The topological polar surface area (TPSA) is 52.0 Å². The first-order valence-electron chi connectivity index (χ1n) is 6.08. The minimum atomic E-state index is -0.0470. The number of benzene rings is 1. The van der Waals surface area contributed by atoms with E-state index in [1.165, 1.54) is 0 Å². The Morgan fingerprint density at radius 2 is 2.21 bits per heavy atom. The average molecular weight is 270 g/mol. The Balaban J connectivity index is 2.12. The summed E-state index contributed by atoms with van der Waals surface area (Å²) in [5.74, 6) is 0. The lowest BCUT2D eigenvalue weighted by atomic mass is 10.00. The second kappa shape index (κ2) is 4.99. The van der Waals surface area contributed by atoms with Gasteiger partial charge in [0.2, 0.25) is 0 Å². The van der Waals surface area contributed by atoms with Gasteiger partial charge < -0.3 is 10.3 Å². The lowest BCUT2D eigenvalue weighted by Gasteiger charge is -2.09. The number of hydrogen-bond donors (Lipinski definition) is 1. The number of rotatable bonds is 4. The van der Waals surface area contributed by atoms with Gasteiger partial charge in [-0.1, -0.05) is 23.4 Å². The van der Waals surface area contributed by atoms with Crippen molar-refractivity contribution in [1.29, 1.82) is 0 Å². The molecule has 19 heavy (non-hydrogen) atoms. The van der Waals surface area contributed by atoms with Crippen LogP contribution >= 0.6 is 11.3 Å². The monoisotopic (exact) mass is 270 g/mol. The Morgan fingerprint density at radius 1 is 1.37 bits per heavy atom. The SMILES string of the molecule is C=CCC(N)c1cscc1-c1noc2ccccc12. The van der Waals surface area contributed by atoms with Crippen molar-refractivity contribution in [1.82, 2.24) is 5.16 Å². The number of nitrogens with zero attached hydrogens (tertiary/aromatic N) is 1. The summed E-state index contributed by atoms with van der Waals surface area (Å²) >= 11 is 1.63. The van der Waals surface area contributed by atoms with E-state index in [0.717, 1.165) is 34.2 Å². The standard InChI is InChI=1S/C15H14N2OS/c1-2-5-13(16)11-8-19-9-12(11)15-10-6-3-4-7-14(10)18-17-15/h2-4,6-9,13H,1,5,16H2. The molecule has 0 fully saturated rings. The molecular formula is C15H14N2OS. The molecule has 0 radical (unpaired) electrons. The molecular weight excluding hydrogens is 256 g/mol. The number of nitrogens with two attached hydrogens (primary N) is 1. The fraction of sp³-hybridized carbons (Fsp3) is 0.133. The fourth-order valence-electron chi connectivity index (χ4n) is 2.17. The Morgan fingerprint density at radius 3 is 3.05 bits per heavy atom. The van der Waals surface area contributed by atoms with Gasteiger partial charge in [0.25, 0.3) is 0 Å². The molecule has 0 bridgehead atoms. The first-order chi connectivity index (χ1) is 9.31. The Labute approximate surface area is 115 Å². The molecule has 1 atom stereocenters. The summed E-state index contributed by atoms with van der Waals surface area (Å²) in [4.78, 5) is 0. The largest absolute Gasteiger partial charge is 0.356 e. The molecule has 0 aliphatic carbocycles. The van der Waals surface area contributed by atoms with Gasteiger partial charge in [0.1, 0.15) is 5.69 Å². The molecule has 2 N–H and O–H groups in total. The first-order valence-corrected chi connectivity index (χ1v) is 7.03. The molecule has 3 rings (SSSR count). The van der Waals surface area contributed by atoms with Crippen LogP contribution in [0.15, 0.2) is 52.2 Å². The molecule has 1 aromatic carbocycles. The van der Waals surface area contributed by atoms with Gasteiger partial charge in [-0.25, -0.2) is 0 Å². The number of para-hydroxylation sites is 1. The molecule has 2 heterocycles. The van der Waals surface area contributed by atoms with Crippen LogP contribution in [0.1, 0.15) is 18.0 Å². The van der Waals surface area contributed by atoms with Crippen LogP contribution in [0.3, 0.4) is 0 Å². The van der Waals surface area contributed by atoms with Crippen LogP contribution in [0.4, 0.5) is 0 Å². The number of hydrogen-bond acceptors (Lipinski definition) is 4. The van der Waals surface area contributed by atoms with Crippen LogP contribution in [-0.2, 0) is 0 Å². The van der Waals surface area contributed by atoms with Crippen molar-refractivity contribution in [2.24, 2.45) is 5.73 Å². The summed E-state index contributed by atoms with van der Waals surface area (Å²) in [5, 5.41) is 9.36. The van der Waals surface area contributed by atoms with Gasteiger partial charge >= 0.3 is 0 Å². The van der Waals surface area contributed by atoms with Crippen molar-refractivity contribution in [2.45, 2.75) is 12.5 Å². The lowest BCUT2D eigenvalue weighted by molar-refractivity contribution is 0.459. The van der Waals surface area contributed by atoms with E-state index in [1.54, 1.807) is 11.3 Å². The fourth-order valence-corrected chi connectivity index (χ4v) is 3.07. The summed E-state index contributed by atoms with van der Waals surface area (Å²) in [6.45, 7) is 3.74. The van der Waals surface area contributed by atoms with E-state index in [4.69, 9.17) is 10.3 Å². The van der Waals surface area contributed by atoms with Crippen molar-refractivity contribution in [2.75, 3.05) is 0 Å². The van der Waals surface area contributed by atoms with Crippen LogP contribution in [0.2, 0.25) is 0 Å². The van der Waals surface area contributed by atoms with Crippen LogP contribution < -0.4 is 5.73 Å². The maximum Gasteiger partial charge on any atom is 0.167 e. The van der Waals surface area contributed by atoms with E-state index in [-0.39, 0.29) is 6.04 Å². The van der Waals surface area contributed by atoms with Crippen LogP contribution in [0.5, 0.6) is 0 Å². The molecule has 0 saturated heterocycles. The Hall–Kier alpha value is -1.91. The zero-order valence-corrected chi connectivity index (χ0v) is 11.2. The summed E-state index contributed by atoms with van der Waals surface area (Å²) in [6, 6.07) is 7.81. The van der Waals surface area contributed by atoms with Gasteiger partial charge in [-0.05, 0) is 29.5 Å². The van der Waals surface area contributed by atoms with E-state index < -0.39 is 0 Å². The molecule has 96 valence electrons. The predicted octanol–water partition coefficient (Wildman–Crippen LogP) is 4.13. The van der Waals surface area contributed by atoms with Crippen molar-refractivity contribution in [3.05, 3.63) is 53.2 Å². The first kappa shape index (κ1) is 12.1. The van der Waals surface area contributed by atoms with Crippen molar-refractivity contribution in [3.63, 3.8) is 0 Å². The highest BCUT2D eigenvalue weighted by atomic mass is 32.1. The van der Waals surface area contributed by atoms with Gasteiger partial charge in [-0.3, -0.25) is 0 Å². The second-order valence-corrected chi connectivity index (χ2v) is 5.14. The van der Waals surface area contributed by atoms with Gasteiger partial charge in [0.05, 0.1) is 0 Å². The van der Waals surface area contributed by atoms with E-state index in [0.29, 0.717) is 0 Å². The van der Waals surface area contributed by atoms with Crippen LogP contribution in [0, 0.1) is 0 Å². The Bertz CT molecular complexity index is 714. The highest BCUT2D eigenvalue weighted by molar-refractivity contribution is 7.08. The summed E-state index contributed by atoms with van der Waals surface area (Å²) in [5.41, 5.74) is 10.0. The van der Waals surface area contributed by atoms with Crippen molar-refractivity contribution >= 4 is 22.3 Å². The molecule has 4 heteroatoms. The summed E-state index contributed by atoms with van der Waals surface area (Å²) in [6.07, 6.45) is 2.59. The van der Waals surface area contributed by atoms with E-state index in [1.807, 2.05) is 30.3 Å². The van der Waals surface area contributed by atoms with Gasteiger partial charge in [0.15, 0.2) is 5.58 Å². The number of thiophene rings is 1. The van der Waals surface area contributed by atoms with Crippen LogP contribution in [-0.4, -0.2) is 5.16 Å². The maximum absolute atomic E-state index is 6.18. The van der Waals surface area contributed by atoms with Crippen LogP contribution in [0.25, 0.3) is 22.2 Å². The maximum atomic E-state index is 6.18.